The predicted octanol–water partition coefficient (Wildman–Crippen LogP) is 4.82. The van der Waals surface area contributed by atoms with Crippen molar-refractivity contribution in [3.05, 3.63) is 109 Å². The second kappa shape index (κ2) is 10.5. The Kier molecular flexibility index (Phi) is 8.38. The fourth-order valence-corrected chi connectivity index (χ4v) is 3.65. The minimum Gasteiger partial charge on any atom is -0.0622 e. The van der Waals surface area contributed by atoms with Crippen molar-refractivity contribution in [2.75, 3.05) is 0 Å². The molecule has 4 aromatic rings. The minimum atomic E-state index is 0. The largest absolute Gasteiger partial charge is 0.0622 e. The van der Waals surface area contributed by atoms with Crippen LogP contribution in [0.1, 0.15) is 5.56 Å². The molecule has 0 saturated heterocycles. The molecule has 0 nitrogen and oxygen atoms in total. The van der Waals surface area contributed by atoms with E-state index >= 15 is 0 Å². The van der Waals surface area contributed by atoms with Gasteiger partial charge in [-0.05, 0) is 33.9 Å². The van der Waals surface area contributed by atoms with E-state index in [2.05, 4.69) is 110 Å². The Morgan fingerprint density at radius 2 is 1.00 bits per heavy atom. The first-order chi connectivity index (χ1) is 11.8. The van der Waals surface area contributed by atoms with Crippen LogP contribution in [0.5, 0.6) is 0 Å². The maximum absolute atomic E-state index is 2.17. The molecular formula is C23H22NaP. The molecule has 4 rings (SSSR count). The number of hydrogen-bond acceptors (Lipinski definition) is 0. The normalized spacial score (nSPS) is 9.64. The van der Waals surface area contributed by atoms with Crippen molar-refractivity contribution in [2.24, 2.45) is 0 Å². The molecule has 0 N–H and O–H groups in total. The summed E-state index contributed by atoms with van der Waals surface area (Å²) in [5.41, 5.74) is 1.35. The van der Waals surface area contributed by atoms with E-state index in [0.29, 0.717) is 0 Å². The molecule has 0 aliphatic rings. The second-order valence-corrected chi connectivity index (χ2v) is 7.06. The van der Waals surface area contributed by atoms with Gasteiger partial charge in [-0.25, -0.2) is 0 Å². The van der Waals surface area contributed by atoms with Crippen LogP contribution in [0, 0.1) is 6.92 Å². The van der Waals surface area contributed by atoms with Crippen molar-refractivity contribution in [3.63, 3.8) is 0 Å². The van der Waals surface area contributed by atoms with Crippen LogP contribution in [0.4, 0.5) is 0 Å². The number of fused-ring (bicyclic) bond motifs is 1. The van der Waals surface area contributed by atoms with E-state index in [0.717, 1.165) is 8.58 Å². The second-order valence-electron chi connectivity index (χ2n) is 5.65. The van der Waals surface area contributed by atoms with Gasteiger partial charge in [0.1, 0.15) is 0 Å². The molecule has 4 aromatic carbocycles. The maximum atomic E-state index is 2.17. The van der Waals surface area contributed by atoms with Crippen LogP contribution < -0.4 is 10.6 Å². The Morgan fingerprint density at radius 3 is 1.56 bits per heavy atom. The first-order valence-corrected chi connectivity index (χ1v) is 9.14. The van der Waals surface area contributed by atoms with Crippen molar-refractivity contribution in [3.8, 4) is 0 Å². The number of aryl methyl sites for hydroxylation is 1. The molecule has 0 amide bonds. The summed E-state index contributed by atoms with van der Waals surface area (Å²) in [6.07, 6.45) is 0. The van der Waals surface area contributed by atoms with Crippen LogP contribution in [0.2, 0.25) is 0 Å². The molecule has 0 atom stereocenters. The van der Waals surface area contributed by atoms with E-state index in [1.807, 2.05) is 0 Å². The number of rotatable bonds is 2. The van der Waals surface area contributed by atoms with Crippen molar-refractivity contribution < 1.29 is 0 Å². The average molecular weight is 352 g/mol. The van der Waals surface area contributed by atoms with E-state index in [-0.39, 0.29) is 29.6 Å². The molecule has 0 aliphatic carbocycles. The van der Waals surface area contributed by atoms with Crippen LogP contribution in [0.3, 0.4) is 0 Å². The van der Waals surface area contributed by atoms with Crippen molar-refractivity contribution in [2.45, 2.75) is 6.92 Å². The SMILES string of the molecule is Cc1cccc2ccccc12.[NaH].c1ccc(Pc2ccccc2)cc1. The van der Waals surface area contributed by atoms with Crippen molar-refractivity contribution in [1.82, 2.24) is 0 Å². The average Bonchev–Trinajstić information content (AvgIpc) is 2.65. The third-order valence-electron chi connectivity index (χ3n) is 3.84. The van der Waals surface area contributed by atoms with Crippen molar-refractivity contribution in [1.29, 1.82) is 0 Å². The van der Waals surface area contributed by atoms with Crippen LogP contribution in [-0.2, 0) is 0 Å². The quantitative estimate of drug-likeness (QED) is 0.359. The molecule has 0 aliphatic heterocycles. The Hall–Kier alpha value is -1.43. The topological polar surface area (TPSA) is 0 Å². The predicted molar refractivity (Wildman–Crippen MR) is 116 cm³/mol. The molecular weight excluding hydrogens is 330 g/mol. The van der Waals surface area contributed by atoms with Gasteiger partial charge in [0, 0.05) is 0 Å². The Morgan fingerprint density at radius 1 is 0.520 bits per heavy atom. The maximum Gasteiger partial charge on any atom is -0.0226 e. The van der Waals surface area contributed by atoms with Gasteiger partial charge in [0.2, 0.25) is 0 Å². The van der Waals surface area contributed by atoms with Crippen LogP contribution in [0.15, 0.2) is 103 Å². The van der Waals surface area contributed by atoms with Gasteiger partial charge in [-0.3, -0.25) is 0 Å². The summed E-state index contributed by atoms with van der Waals surface area (Å²) in [5.74, 6) is 0. The summed E-state index contributed by atoms with van der Waals surface area (Å²) in [6, 6.07) is 36.0. The fourth-order valence-electron chi connectivity index (χ4n) is 2.60. The zero-order chi connectivity index (χ0) is 16.6. The molecule has 0 saturated carbocycles. The summed E-state index contributed by atoms with van der Waals surface area (Å²) in [4.78, 5) is 0. The van der Waals surface area contributed by atoms with E-state index in [4.69, 9.17) is 0 Å². The fraction of sp³-hybridized carbons (Fsp3) is 0.0435. The number of hydrogen-bond donors (Lipinski definition) is 0. The standard InChI is InChI=1S/C12H11P.C11H10.Na.H/c1-3-7-11(8-4-1)13-12-9-5-2-6-10-12;1-9-5-4-7-10-6-2-3-8-11(9)10;;/h1-10,13H;2-8H,1H3;;. The molecule has 0 unspecified atom stereocenters. The molecule has 0 aromatic heterocycles. The van der Waals surface area contributed by atoms with Crippen LogP contribution in [-0.4, -0.2) is 29.6 Å². The molecule has 0 fully saturated rings. The van der Waals surface area contributed by atoms with E-state index in [1.54, 1.807) is 0 Å². The van der Waals surface area contributed by atoms with Gasteiger partial charge in [0.25, 0.3) is 0 Å². The Labute approximate surface area is 174 Å². The molecule has 0 spiro atoms. The molecule has 0 heterocycles. The van der Waals surface area contributed by atoms with Gasteiger partial charge in [-0.15, -0.1) is 0 Å². The summed E-state index contributed by atoms with van der Waals surface area (Å²) >= 11 is 0. The van der Waals surface area contributed by atoms with Gasteiger partial charge in [-0.1, -0.05) is 112 Å². The number of benzene rings is 4. The van der Waals surface area contributed by atoms with Gasteiger partial charge in [-0.2, -0.15) is 0 Å². The van der Waals surface area contributed by atoms with E-state index in [9.17, 15) is 0 Å². The van der Waals surface area contributed by atoms with Crippen molar-refractivity contribution >= 4 is 59.5 Å². The zero-order valence-electron chi connectivity index (χ0n) is 13.8. The first kappa shape index (κ1) is 19.9. The van der Waals surface area contributed by atoms with E-state index in [1.165, 1.54) is 26.9 Å². The molecule has 25 heavy (non-hydrogen) atoms. The Bertz CT molecular complexity index is 846. The first-order valence-electron chi connectivity index (χ1n) is 8.14. The van der Waals surface area contributed by atoms with Gasteiger partial charge in [0.15, 0.2) is 0 Å². The molecule has 0 bridgehead atoms. The smallest absolute Gasteiger partial charge is 0.0226 e. The van der Waals surface area contributed by atoms with E-state index < -0.39 is 0 Å². The summed E-state index contributed by atoms with van der Waals surface area (Å²) in [7, 11) is 0.777. The minimum absolute atomic E-state index is 0. The van der Waals surface area contributed by atoms with Crippen LogP contribution >= 0.6 is 8.58 Å². The van der Waals surface area contributed by atoms with Gasteiger partial charge in [0.05, 0.1) is 0 Å². The zero-order valence-corrected chi connectivity index (χ0v) is 14.8. The van der Waals surface area contributed by atoms with Crippen LogP contribution in [0.25, 0.3) is 10.8 Å². The summed E-state index contributed by atoms with van der Waals surface area (Å²) in [6.45, 7) is 2.14. The molecule has 2 heteroatoms. The van der Waals surface area contributed by atoms with Gasteiger partial charge < -0.3 is 0 Å². The summed E-state index contributed by atoms with van der Waals surface area (Å²) in [5, 5.41) is 5.48. The summed E-state index contributed by atoms with van der Waals surface area (Å²) < 4.78 is 0. The third-order valence-corrected chi connectivity index (χ3v) is 5.09. The monoisotopic (exact) mass is 352 g/mol. The molecule has 0 radical (unpaired) electrons. The third kappa shape index (κ3) is 6.10. The van der Waals surface area contributed by atoms with Gasteiger partial charge >= 0.3 is 29.6 Å². The molecule has 120 valence electrons. The Balaban J connectivity index is 0.000000175.